The van der Waals surface area contributed by atoms with Crippen LogP contribution in [-0.2, 0) is 10.0 Å². The average Bonchev–Trinajstić information content (AvgIpc) is 2.88. The van der Waals surface area contributed by atoms with Crippen molar-refractivity contribution in [2.24, 2.45) is 0 Å². The Hall–Kier alpha value is -1.11. The first-order chi connectivity index (χ1) is 6.61. The van der Waals surface area contributed by atoms with Crippen LogP contribution in [0, 0.1) is 22.7 Å². The van der Waals surface area contributed by atoms with Crippen LogP contribution in [0.2, 0.25) is 0 Å². The predicted octanol–water partition coefficient (Wildman–Crippen LogP) is 0.218. The van der Waals surface area contributed by atoms with Crippen molar-refractivity contribution < 1.29 is 8.42 Å². The van der Waals surface area contributed by atoms with Gasteiger partial charge >= 0.3 is 0 Å². The van der Waals surface area contributed by atoms with Gasteiger partial charge in [-0.3, -0.25) is 0 Å². The molecule has 0 spiro atoms. The highest BCUT2D eigenvalue weighted by molar-refractivity contribution is 7.89. The van der Waals surface area contributed by atoms with Gasteiger partial charge in [-0.05, 0) is 12.8 Å². The van der Waals surface area contributed by atoms with Gasteiger partial charge in [0.1, 0.15) is 0 Å². The molecule has 0 unspecified atom stereocenters. The topological polar surface area (TPSA) is 85.0 Å². The number of sulfonamides is 1. The van der Waals surface area contributed by atoms with E-state index in [1.165, 1.54) is 4.31 Å². The zero-order valence-corrected chi connectivity index (χ0v) is 8.50. The van der Waals surface area contributed by atoms with Gasteiger partial charge in [0.15, 0.2) is 5.75 Å². The minimum Gasteiger partial charge on any atom is -0.211 e. The molecular formula is C8H11N3O2S. The maximum Gasteiger partial charge on any atom is 0.227 e. The van der Waals surface area contributed by atoms with Gasteiger partial charge in [0.2, 0.25) is 10.0 Å². The standard InChI is InChI=1S/C8H11N3O2S/c9-4-1-6-11(8-2-3-8)14(12,13)7-5-10/h8H,1-3,6-7H2. The quantitative estimate of drug-likeness (QED) is 0.653. The van der Waals surface area contributed by atoms with Crippen LogP contribution in [0.3, 0.4) is 0 Å². The van der Waals surface area contributed by atoms with Gasteiger partial charge in [-0.2, -0.15) is 14.8 Å². The summed E-state index contributed by atoms with van der Waals surface area (Å²) in [6, 6.07) is 3.57. The molecule has 1 fully saturated rings. The van der Waals surface area contributed by atoms with E-state index in [9.17, 15) is 8.42 Å². The summed E-state index contributed by atoms with van der Waals surface area (Å²) in [5.41, 5.74) is 0. The van der Waals surface area contributed by atoms with Crippen molar-refractivity contribution in [3.05, 3.63) is 0 Å². The van der Waals surface area contributed by atoms with E-state index >= 15 is 0 Å². The summed E-state index contributed by atoms with van der Waals surface area (Å²) in [4.78, 5) is 0. The van der Waals surface area contributed by atoms with E-state index < -0.39 is 15.8 Å². The Bertz CT molecular complexity index is 372. The first-order valence-corrected chi connectivity index (χ1v) is 5.96. The van der Waals surface area contributed by atoms with E-state index in [1.807, 2.05) is 6.07 Å². The minimum atomic E-state index is -3.46. The molecule has 1 rings (SSSR count). The fourth-order valence-corrected chi connectivity index (χ4v) is 2.60. The van der Waals surface area contributed by atoms with Crippen LogP contribution in [0.5, 0.6) is 0 Å². The smallest absolute Gasteiger partial charge is 0.211 e. The molecule has 0 aromatic heterocycles. The third-order valence-electron chi connectivity index (χ3n) is 2.00. The Labute approximate surface area is 83.6 Å². The molecule has 0 heterocycles. The molecule has 6 heteroatoms. The largest absolute Gasteiger partial charge is 0.227 e. The van der Waals surface area contributed by atoms with Crippen LogP contribution in [0.25, 0.3) is 0 Å². The lowest BCUT2D eigenvalue weighted by Crippen LogP contribution is -2.35. The second-order valence-electron chi connectivity index (χ2n) is 3.16. The molecule has 1 saturated carbocycles. The van der Waals surface area contributed by atoms with Crippen molar-refractivity contribution >= 4 is 10.0 Å². The molecule has 0 aromatic rings. The SMILES string of the molecule is N#CCCN(C1CC1)S(=O)(=O)CC#N. The molecule has 5 nitrogen and oxygen atoms in total. The van der Waals surface area contributed by atoms with Crippen LogP contribution < -0.4 is 0 Å². The zero-order chi connectivity index (χ0) is 10.6. The van der Waals surface area contributed by atoms with Gasteiger partial charge < -0.3 is 0 Å². The minimum absolute atomic E-state index is 0.0294. The van der Waals surface area contributed by atoms with Gasteiger partial charge in [0.25, 0.3) is 0 Å². The number of nitriles is 2. The Morgan fingerprint density at radius 1 is 1.29 bits per heavy atom. The molecule has 0 amide bonds. The summed E-state index contributed by atoms with van der Waals surface area (Å²) >= 11 is 0. The summed E-state index contributed by atoms with van der Waals surface area (Å²) in [5.74, 6) is -0.491. The summed E-state index contributed by atoms with van der Waals surface area (Å²) in [7, 11) is -3.46. The highest BCUT2D eigenvalue weighted by atomic mass is 32.2. The lowest BCUT2D eigenvalue weighted by Gasteiger charge is -2.18. The van der Waals surface area contributed by atoms with Gasteiger partial charge in [0, 0.05) is 19.0 Å². The predicted molar refractivity (Wildman–Crippen MR) is 49.4 cm³/mol. The van der Waals surface area contributed by atoms with Crippen molar-refractivity contribution in [3.63, 3.8) is 0 Å². The molecule has 0 aromatic carbocycles. The highest BCUT2D eigenvalue weighted by Crippen LogP contribution is 2.29. The van der Waals surface area contributed by atoms with Crippen LogP contribution >= 0.6 is 0 Å². The molecule has 0 bridgehead atoms. The van der Waals surface area contributed by atoms with Crippen molar-refractivity contribution in [3.8, 4) is 12.1 Å². The van der Waals surface area contributed by atoms with Gasteiger partial charge in [-0.15, -0.1) is 0 Å². The number of hydrogen-bond acceptors (Lipinski definition) is 4. The Kier molecular flexibility index (Phi) is 3.45. The summed E-state index contributed by atoms with van der Waals surface area (Å²) in [5, 5.41) is 16.7. The highest BCUT2D eigenvalue weighted by Gasteiger charge is 2.36. The molecule has 14 heavy (non-hydrogen) atoms. The molecule has 0 saturated heterocycles. The maximum absolute atomic E-state index is 11.5. The third-order valence-corrected chi connectivity index (χ3v) is 3.69. The second kappa shape index (κ2) is 4.41. The van der Waals surface area contributed by atoms with E-state index in [0.717, 1.165) is 12.8 Å². The lowest BCUT2D eigenvalue weighted by molar-refractivity contribution is 0.413. The summed E-state index contributed by atoms with van der Waals surface area (Å²) in [6.07, 6.45) is 1.87. The lowest BCUT2D eigenvalue weighted by atomic mass is 10.4. The van der Waals surface area contributed by atoms with Crippen molar-refractivity contribution in [1.29, 1.82) is 10.5 Å². The van der Waals surface area contributed by atoms with Crippen LogP contribution in [0.15, 0.2) is 0 Å². The summed E-state index contributed by atoms with van der Waals surface area (Å²) < 4.78 is 24.3. The molecular weight excluding hydrogens is 202 g/mol. The molecule has 0 aliphatic heterocycles. The molecule has 76 valence electrons. The first-order valence-electron chi connectivity index (χ1n) is 4.35. The average molecular weight is 213 g/mol. The van der Waals surface area contributed by atoms with Crippen molar-refractivity contribution in [2.75, 3.05) is 12.3 Å². The van der Waals surface area contributed by atoms with Crippen molar-refractivity contribution in [2.45, 2.75) is 25.3 Å². The fraction of sp³-hybridized carbons (Fsp3) is 0.750. The second-order valence-corrected chi connectivity index (χ2v) is 5.09. The number of hydrogen-bond donors (Lipinski definition) is 0. The Morgan fingerprint density at radius 3 is 2.36 bits per heavy atom. The molecule has 0 radical (unpaired) electrons. The van der Waals surface area contributed by atoms with E-state index in [0.29, 0.717) is 0 Å². The van der Waals surface area contributed by atoms with E-state index in [2.05, 4.69) is 0 Å². The monoisotopic (exact) mass is 213 g/mol. The van der Waals surface area contributed by atoms with Gasteiger partial charge in [-0.1, -0.05) is 0 Å². The van der Waals surface area contributed by atoms with Gasteiger partial charge in [0.05, 0.1) is 12.1 Å². The molecule has 0 N–H and O–H groups in total. The van der Waals surface area contributed by atoms with Gasteiger partial charge in [-0.25, -0.2) is 8.42 Å². The molecule has 1 aliphatic carbocycles. The normalized spacial score (nSPS) is 16.2. The number of nitrogens with zero attached hydrogens (tertiary/aromatic N) is 3. The van der Waals surface area contributed by atoms with Crippen molar-refractivity contribution in [1.82, 2.24) is 4.31 Å². The molecule has 1 aliphatic rings. The zero-order valence-electron chi connectivity index (χ0n) is 7.68. The van der Waals surface area contributed by atoms with Crippen LogP contribution in [0.4, 0.5) is 0 Å². The molecule has 0 atom stereocenters. The Balaban J connectivity index is 2.68. The van der Waals surface area contributed by atoms with Crippen LogP contribution in [0.1, 0.15) is 19.3 Å². The summed E-state index contributed by atoms with van der Waals surface area (Å²) in [6.45, 7) is 0.213. The number of rotatable bonds is 5. The fourth-order valence-electron chi connectivity index (χ4n) is 1.24. The van der Waals surface area contributed by atoms with E-state index in [4.69, 9.17) is 10.5 Å². The van der Waals surface area contributed by atoms with Crippen LogP contribution in [-0.4, -0.2) is 31.1 Å². The van der Waals surface area contributed by atoms with E-state index in [1.54, 1.807) is 6.07 Å². The van der Waals surface area contributed by atoms with E-state index in [-0.39, 0.29) is 19.0 Å². The third kappa shape index (κ3) is 2.69. The first kappa shape index (κ1) is 11.0. The maximum atomic E-state index is 11.5. The Morgan fingerprint density at radius 2 is 1.93 bits per heavy atom.